The van der Waals surface area contributed by atoms with Crippen LogP contribution in [0.5, 0.6) is 0 Å². The molecule has 1 amide bonds. The Kier molecular flexibility index (Phi) is 3.47. The molecule has 0 unspecified atom stereocenters. The van der Waals surface area contributed by atoms with Crippen molar-refractivity contribution in [2.45, 2.75) is 13.5 Å². The number of H-pyrrole nitrogens is 1. The molecule has 0 radical (unpaired) electrons. The highest BCUT2D eigenvalue weighted by Gasteiger charge is 2.09. The van der Waals surface area contributed by atoms with Crippen LogP contribution in [0.1, 0.15) is 21.6 Å². The van der Waals surface area contributed by atoms with Gasteiger partial charge in [-0.05, 0) is 24.6 Å². The standard InChI is InChI=1S/C12H13N3O2S/c1-7-2-3-9(10(13)4-7)11(16)14-5-8-6-18-12(17)15-8/h2-4,6H,5,13H2,1H3,(H,14,16)(H,15,17). The van der Waals surface area contributed by atoms with Crippen molar-refractivity contribution in [2.24, 2.45) is 0 Å². The summed E-state index contributed by atoms with van der Waals surface area (Å²) in [6, 6.07) is 5.27. The number of carbonyl (C=O) groups excluding carboxylic acids is 1. The van der Waals surface area contributed by atoms with Gasteiger partial charge >= 0.3 is 4.87 Å². The van der Waals surface area contributed by atoms with Crippen molar-refractivity contribution >= 4 is 22.9 Å². The summed E-state index contributed by atoms with van der Waals surface area (Å²) < 4.78 is 0. The van der Waals surface area contributed by atoms with Crippen LogP contribution in [-0.4, -0.2) is 10.9 Å². The monoisotopic (exact) mass is 263 g/mol. The van der Waals surface area contributed by atoms with Gasteiger partial charge in [-0.15, -0.1) is 0 Å². The molecule has 0 atom stereocenters. The zero-order chi connectivity index (χ0) is 13.1. The molecule has 94 valence electrons. The Balaban J connectivity index is 2.06. The Morgan fingerprint density at radius 3 is 2.89 bits per heavy atom. The van der Waals surface area contributed by atoms with E-state index in [1.54, 1.807) is 17.5 Å². The Labute approximate surface area is 108 Å². The largest absolute Gasteiger partial charge is 0.398 e. The van der Waals surface area contributed by atoms with Crippen LogP contribution >= 0.6 is 11.3 Å². The number of aryl methyl sites for hydroxylation is 1. The number of carbonyl (C=O) groups is 1. The first kappa shape index (κ1) is 12.4. The molecule has 4 N–H and O–H groups in total. The molecule has 1 heterocycles. The maximum atomic E-state index is 11.9. The van der Waals surface area contributed by atoms with Gasteiger partial charge in [0.2, 0.25) is 0 Å². The van der Waals surface area contributed by atoms with Gasteiger partial charge in [-0.2, -0.15) is 0 Å². The highest BCUT2D eigenvalue weighted by atomic mass is 32.1. The summed E-state index contributed by atoms with van der Waals surface area (Å²) in [6.45, 7) is 2.19. The smallest absolute Gasteiger partial charge is 0.304 e. The third-order valence-corrected chi connectivity index (χ3v) is 3.18. The predicted octanol–water partition coefficient (Wildman–Crippen LogP) is 1.26. The molecule has 0 aliphatic rings. The van der Waals surface area contributed by atoms with Crippen LogP contribution in [0.25, 0.3) is 0 Å². The minimum Gasteiger partial charge on any atom is -0.398 e. The van der Waals surface area contributed by atoms with Gasteiger partial charge in [0, 0.05) is 16.8 Å². The van der Waals surface area contributed by atoms with E-state index in [0.29, 0.717) is 16.9 Å². The number of benzene rings is 1. The van der Waals surface area contributed by atoms with E-state index in [4.69, 9.17) is 5.73 Å². The van der Waals surface area contributed by atoms with Crippen LogP contribution in [0.4, 0.5) is 5.69 Å². The number of nitrogen functional groups attached to an aromatic ring is 1. The maximum Gasteiger partial charge on any atom is 0.304 e. The van der Waals surface area contributed by atoms with E-state index >= 15 is 0 Å². The molecule has 2 aromatic rings. The molecule has 18 heavy (non-hydrogen) atoms. The second-order valence-corrected chi connectivity index (χ2v) is 4.79. The number of rotatable bonds is 3. The van der Waals surface area contributed by atoms with E-state index in [1.807, 2.05) is 13.0 Å². The van der Waals surface area contributed by atoms with Crippen LogP contribution < -0.4 is 15.9 Å². The highest BCUT2D eigenvalue weighted by molar-refractivity contribution is 7.07. The minimum absolute atomic E-state index is 0.130. The lowest BCUT2D eigenvalue weighted by Gasteiger charge is -2.07. The summed E-state index contributed by atoms with van der Waals surface area (Å²) in [4.78, 5) is 25.3. The van der Waals surface area contributed by atoms with Gasteiger partial charge in [0.25, 0.3) is 5.91 Å². The van der Waals surface area contributed by atoms with Crippen molar-refractivity contribution in [3.8, 4) is 0 Å². The molecule has 0 aliphatic heterocycles. The highest BCUT2D eigenvalue weighted by Crippen LogP contribution is 2.13. The van der Waals surface area contributed by atoms with E-state index < -0.39 is 0 Å². The van der Waals surface area contributed by atoms with E-state index in [0.717, 1.165) is 16.9 Å². The fraction of sp³-hybridized carbons (Fsp3) is 0.167. The molecule has 0 saturated carbocycles. The van der Waals surface area contributed by atoms with E-state index in [1.165, 1.54) is 0 Å². The molecule has 6 heteroatoms. The zero-order valence-electron chi connectivity index (χ0n) is 9.82. The number of hydrogen-bond donors (Lipinski definition) is 3. The van der Waals surface area contributed by atoms with Crippen molar-refractivity contribution in [1.29, 1.82) is 0 Å². The maximum absolute atomic E-state index is 11.9. The molecule has 2 rings (SSSR count). The predicted molar refractivity (Wildman–Crippen MR) is 71.7 cm³/mol. The molecule has 0 aliphatic carbocycles. The van der Waals surface area contributed by atoms with Crippen LogP contribution in [0.2, 0.25) is 0 Å². The lowest BCUT2D eigenvalue weighted by molar-refractivity contribution is 0.0951. The van der Waals surface area contributed by atoms with Crippen molar-refractivity contribution < 1.29 is 4.79 Å². The summed E-state index contributed by atoms with van der Waals surface area (Å²) in [5, 5.41) is 4.39. The fourth-order valence-corrected chi connectivity index (χ4v) is 2.14. The lowest BCUT2D eigenvalue weighted by Crippen LogP contribution is -2.24. The molecule has 0 fully saturated rings. The average molecular weight is 263 g/mol. The number of anilines is 1. The Bertz CT molecular complexity index is 630. The summed E-state index contributed by atoms with van der Waals surface area (Å²) in [6.07, 6.45) is 0. The molecule has 1 aromatic heterocycles. The second kappa shape index (κ2) is 5.05. The van der Waals surface area contributed by atoms with Gasteiger partial charge in [0.15, 0.2) is 0 Å². The number of nitrogens with two attached hydrogens (primary N) is 1. The molecule has 0 spiro atoms. The van der Waals surface area contributed by atoms with Crippen molar-refractivity contribution in [3.05, 3.63) is 50.1 Å². The third-order valence-electron chi connectivity index (χ3n) is 2.46. The quantitative estimate of drug-likeness (QED) is 0.728. The van der Waals surface area contributed by atoms with Crippen LogP contribution in [0.3, 0.4) is 0 Å². The van der Waals surface area contributed by atoms with Gasteiger partial charge in [-0.1, -0.05) is 17.4 Å². The zero-order valence-corrected chi connectivity index (χ0v) is 10.6. The molecular weight excluding hydrogens is 250 g/mol. The molecule has 0 bridgehead atoms. The SMILES string of the molecule is Cc1ccc(C(=O)NCc2csc(=O)[nH]2)c(N)c1. The van der Waals surface area contributed by atoms with Gasteiger partial charge < -0.3 is 16.0 Å². The molecule has 1 aromatic carbocycles. The summed E-state index contributed by atoms with van der Waals surface area (Å²) >= 11 is 1.07. The van der Waals surface area contributed by atoms with E-state index in [2.05, 4.69) is 10.3 Å². The Morgan fingerprint density at radius 2 is 2.28 bits per heavy atom. The van der Waals surface area contributed by atoms with Gasteiger partial charge in [-0.3, -0.25) is 9.59 Å². The van der Waals surface area contributed by atoms with Crippen LogP contribution in [0.15, 0.2) is 28.4 Å². The summed E-state index contributed by atoms with van der Waals surface area (Å²) in [5.41, 5.74) is 8.36. The van der Waals surface area contributed by atoms with Crippen molar-refractivity contribution in [1.82, 2.24) is 10.3 Å². The van der Waals surface area contributed by atoms with Gasteiger partial charge in [0.1, 0.15) is 0 Å². The third kappa shape index (κ3) is 2.78. The number of thiazole rings is 1. The van der Waals surface area contributed by atoms with E-state index in [9.17, 15) is 9.59 Å². The minimum atomic E-state index is -0.250. The average Bonchev–Trinajstić information content (AvgIpc) is 2.72. The topological polar surface area (TPSA) is 88.0 Å². The lowest BCUT2D eigenvalue weighted by atomic mass is 10.1. The number of hydrogen-bond acceptors (Lipinski definition) is 4. The number of nitrogens with one attached hydrogen (secondary N) is 2. The van der Waals surface area contributed by atoms with Crippen molar-refractivity contribution in [2.75, 3.05) is 5.73 Å². The number of aromatic amines is 1. The first-order chi connectivity index (χ1) is 8.56. The fourth-order valence-electron chi connectivity index (χ4n) is 1.56. The van der Waals surface area contributed by atoms with Crippen LogP contribution in [-0.2, 0) is 6.54 Å². The summed E-state index contributed by atoms with van der Waals surface area (Å²) in [7, 11) is 0. The summed E-state index contributed by atoms with van der Waals surface area (Å²) in [5.74, 6) is -0.250. The van der Waals surface area contributed by atoms with E-state index in [-0.39, 0.29) is 17.3 Å². The Hall–Kier alpha value is -2.08. The number of amides is 1. The number of aromatic nitrogens is 1. The normalized spacial score (nSPS) is 10.3. The molecular formula is C12H13N3O2S. The molecule has 5 nitrogen and oxygen atoms in total. The van der Waals surface area contributed by atoms with Gasteiger partial charge in [-0.25, -0.2) is 0 Å². The first-order valence-electron chi connectivity index (χ1n) is 5.37. The second-order valence-electron chi connectivity index (χ2n) is 3.95. The van der Waals surface area contributed by atoms with Crippen LogP contribution in [0, 0.1) is 6.92 Å². The first-order valence-corrected chi connectivity index (χ1v) is 6.25. The molecule has 0 saturated heterocycles. The van der Waals surface area contributed by atoms with Crippen molar-refractivity contribution in [3.63, 3.8) is 0 Å². The van der Waals surface area contributed by atoms with Gasteiger partial charge in [0.05, 0.1) is 12.1 Å². The Morgan fingerprint density at radius 1 is 1.50 bits per heavy atom.